The highest BCUT2D eigenvalue weighted by Gasteiger charge is 2.35. The molecule has 1 atom stereocenters. The van der Waals surface area contributed by atoms with Gasteiger partial charge in [0, 0.05) is 24.3 Å². The minimum absolute atomic E-state index is 0.0627. The molecule has 1 aliphatic heterocycles. The Labute approximate surface area is 157 Å². The first-order chi connectivity index (χ1) is 12.5. The molecule has 1 N–H and O–H groups in total. The summed E-state index contributed by atoms with van der Waals surface area (Å²) in [6, 6.07) is 14.5. The van der Waals surface area contributed by atoms with Gasteiger partial charge in [-0.15, -0.1) is 0 Å². The van der Waals surface area contributed by atoms with E-state index in [1.165, 1.54) is 11.6 Å². The number of aryl methyl sites for hydroxylation is 1. The monoisotopic (exact) mass is 367 g/mol. The molecule has 2 aromatic rings. The first kappa shape index (κ1) is 18.0. The Balaban J connectivity index is 1.68. The number of nitrogens with one attached hydrogen (secondary N) is 1. The largest absolute Gasteiger partial charge is 0.326 e. The smallest absolute Gasteiger partial charge is 0.229 e. The molecule has 0 saturated carbocycles. The average molecular weight is 368 g/mol. The molecule has 6 heteroatoms. The minimum atomic E-state index is -0.428. The number of rotatable bonds is 4. The normalized spacial score (nSPS) is 16.4. The van der Waals surface area contributed by atoms with Gasteiger partial charge in [-0.3, -0.25) is 9.59 Å². The van der Waals surface area contributed by atoms with Gasteiger partial charge in [-0.25, -0.2) is 0 Å². The molecule has 26 heavy (non-hydrogen) atoms. The second-order valence-corrected chi connectivity index (χ2v) is 6.63. The van der Waals surface area contributed by atoms with Crippen molar-refractivity contribution in [1.29, 1.82) is 5.26 Å². The highest BCUT2D eigenvalue weighted by atomic mass is 35.5. The van der Waals surface area contributed by atoms with Crippen LogP contribution in [-0.2, 0) is 16.0 Å². The van der Waals surface area contributed by atoms with E-state index in [1.54, 1.807) is 17.0 Å². The summed E-state index contributed by atoms with van der Waals surface area (Å²) in [6.45, 7) is 2.42. The van der Waals surface area contributed by atoms with Crippen LogP contribution in [0.5, 0.6) is 0 Å². The molecule has 1 aliphatic rings. The SMILES string of the molecule is CCc1ccc(N2C[C@@H](C(=O)Nc3ccc(C#N)c(Cl)c3)CC2=O)cc1. The number of carbonyl (C=O) groups excluding carboxylic acids is 2. The third kappa shape index (κ3) is 3.71. The van der Waals surface area contributed by atoms with Gasteiger partial charge in [-0.2, -0.15) is 5.26 Å². The first-order valence-electron chi connectivity index (χ1n) is 8.41. The van der Waals surface area contributed by atoms with E-state index in [1.807, 2.05) is 30.3 Å². The zero-order chi connectivity index (χ0) is 18.7. The Bertz CT molecular complexity index is 887. The van der Waals surface area contributed by atoms with Gasteiger partial charge in [-0.1, -0.05) is 30.7 Å². The zero-order valence-electron chi connectivity index (χ0n) is 14.3. The summed E-state index contributed by atoms with van der Waals surface area (Å²) in [5, 5.41) is 12.0. The fourth-order valence-corrected chi connectivity index (χ4v) is 3.19. The summed E-state index contributed by atoms with van der Waals surface area (Å²) < 4.78 is 0. The van der Waals surface area contributed by atoms with Gasteiger partial charge in [0.05, 0.1) is 16.5 Å². The lowest BCUT2D eigenvalue weighted by molar-refractivity contribution is -0.122. The average Bonchev–Trinajstić information content (AvgIpc) is 3.04. The van der Waals surface area contributed by atoms with Crippen LogP contribution in [0, 0.1) is 17.2 Å². The Morgan fingerprint density at radius 3 is 2.65 bits per heavy atom. The lowest BCUT2D eigenvalue weighted by Gasteiger charge is -2.17. The van der Waals surface area contributed by atoms with E-state index in [9.17, 15) is 9.59 Å². The third-order valence-corrected chi connectivity index (χ3v) is 4.82. The van der Waals surface area contributed by atoms with Crippen LogP contribution in [0.1, 0.15) is 24.5 Å². The molecule has 1 heterocycles. The van der Waals surface area contributed by atoms with Crippen molar-refractivity contribution >= 4 is 34.8 Å². The maximum absolute atomic E-state index is 12.5. The van der Waals surface area contributed by atoms with Crippen molar-refractivity contribution in [2.24, 2.45) is 5.92 Å². The van der Waals surface area contributed by atoms with Crippen LogP contribution in [0.3, 0.4) is 0 Å². The molecule has 2 aromatic carbocycles. The van der Waals surface area contributed by atoms with Crippen LogP contribution in [0.2, 0.25) is 5.02 Å². The molecule has 0 aliphatic carbocycles. The van der Waals surface area contributed by atoms with Crippen molar-refractivity contribution in [3.8, 4) is 6.07 Å². The first-order valence-corrected chi connectivity index (χ1v) is 8.79. The van der Waals surface area contributed by atoms with Gasteiger partial charge < -0.3 is 10.2 Å². The van der Waals surface area contributed by atoms with Crippen molar-refractivity contribution in [1.82, 2.24) is 0 Å². The number of nitrogens with zero attached hydrogens (tertiary/aromatic N) is 2. The molecule has 0 bridgehead atoms. The zero-order valence-corrected chi connectivity index (χ0v) is 15.1. The second kappa shape index (κ2) is 7.59. The maximum atomic E-state index is 12.5. The molecular weight excluding hydrogens is 350 g/mol. The van der Waals surface area contributed by atoms with Crippen molar-refractivity contribution < 1.29 is 9.59 Å². The molecule has 0 radical (unpaired) electrons. The number of halogens is 1. The van der Waals surface area contributed by atoms with Gasteiger partial charge in [0.25, 0.3) is 0 Å². The van der Waals surface area contributed by atoms with Gasteiger partial charge in [0.1, 0.15) is 6.07 Å². The molecule has 1 fully saturated rings. The van der Waals surface area contributed by atoms with Crippen LogP contribution < -0.4 is 10.2 Å². The lowest BCUT2D eigenvalue weighted by Crippen LogP contribution is -2.28. The number of nitriles is 1. The van der Waals surface area contributed by atoms with Crippen LogP contribution >= 0.6 is 11.6 Å². The lowest BCUT2D eigenvalue weighted by atomic mass is 10.1. The Morgan fingerprint density at radius 1 is 1.31 bits per heavy atom. The summed E-state index contributed by atoms with van der Waals surface area (Å²) >= 11 is 5.99. The fraction of sp³-hybridized carbons (Fsp3) is 0.250. The predicted octanol–water partition coefficient (Wildman–Crippen LogP) is 3.77. The highest BCUT2D eigenvalue weighted by Crippen LogP contribution is 2.27. The van der Waals surface area contributed by atoms with E-state index in [4.69, 9.17) is 16.9 Å². The van der Waals surface area contributed by atoms with Crippen molar-refractivity contribution in [3.63, 3.8) is 0 Å². The fourth-order valence-electron chi connectivity index (χ4n) is 2.97. The van der Waals surface area contributed by atoms with Crippen molar-refractivity contribution in [2.75, 3.05) is 16.8 Å². The summed E-state index contributed by atoms with van der Waals surface area (Å²) in [5.41, 5.74) is 2.87. The molecule has 2 amide bonds. The molecule has 0 spiro atoms. The standard InChI is InChI=1S/C20H18ClN3O2/c1-2-13-3-7-17(8-4-13)24-12-15(9-19(24)25)20(26)23-16-6-5-14(11-22)18(21)10-16/h3-8,10,15H,2,9,12H2,1H3,(H,23,26)/t15-/m0/s1. The number of hydrogen-bond acceptors (Lipinski definition) is 3. The third-order valence-electron chi connectivity index (χ3n) is 4.51. The predicted molar refractivity (Wildman–Crippen MR) is 101 cm³/mol. The number of anilines is 2. The van der Waals surface area contributed by atoms with Crippen molar-refractivity contribution in [2.45, 2.75) is 19.8 Å². The van der Waals surface area contributed by atoms with Crippen molar-refractivity contribution in [3.05, 3.63) is 58.6 Å². The Morgan fingerprint density at radius 2 is 2.04 bits per heavy atom. The molecule has 3 rings (SSSR count). The number of carbonyl (C=O) groups is 2. The summed E-state index contributed by atoms with van der Waals surface area (Å²) in [5.74, 6) is -0.721. The van der Waals surface area contributed by atoms with Crippen LogP contribution in [0.4, 0.5) is 11.4 Å². The van der Waals surface area contributed by atoms with E-state index >= 15 is 0 Å². The van der Waals surface area contributed by atoms with E-state index in [-0.39, 0.29) is 23.3 Å². The Hall–Kier alpha value is -2.84. The molecular formula is C20H18ClN3O2. The molecule has 5 nitrogen and oxygen atoms in total. The maximum Gasteiger partial charge on any atom is 0.229 e. The Kier molecular flexibility index (Phi) is 5.24. The van der Waals surface area contributed by atoms with E-state index in [2.05, 4.69) is 12.2 Å². The van der Waals surface area contributed by atoms with Crippen LogP contribution in [0.25, 0.3) is 0 Å². The highest BCUT2D eigenvalue weighted by molar-refractivity contribution is 6.32. The van der Waals surface area contributed by atoms with Gasteiger partial charge >= 0.3 is 0 Å². The number of benzene rings is 2. The van der Waals surface area contributed by atoms with Gasteiger partial charge in [-0.05, 0) is 42.3 Å². The molecule has 0 aromatic heterocycles. The van der Waals surface area contributed by atoms with E-state index < -0.39 is 5.92 Å². The molecule has 132 valence electrons. The number of hydrogen-bond donors (Lipinski definition) is 1. The van der Waals surface area contributed by atoms with Crippen LogP contribution in [-0.4, -0.2) is 18.4 Å². The quantitative estimate of drug-likeness (QED) is 0.894. The summed E-state index contributed by atoms with van der Waals surface area (Å²) in [7, 11) is 0. The topological polar surface area (TPSA) is 73.2 Å². The second-order valence-electron chi connectivity index (χ2n) is 6.22. The van der Waals surface area contributed by atoms with Crippen LogP contribution in [0.15, 0.2) is 42.5 Å². The van der Waals surface area contributed by atoms with E-state index in [0.717, 1.165) is 12.1 Å². The number of amides is 2. The summed E-state index contributed by atoms with van der Waals surface area (Å²) in [6.07, 6.45) is 1.11. The summed E-state index contributed by atoms with van der Waals surface area (Å²) in [4.78, 5) is 26.5. The van der Waals surface area contributed by atoms with Gasteiger partial charge in [0.15, 0.2) is 0 Å². The van der Waals surface area contributed by atoms with Gasteiger partial charge in [0.2, 0.25) is 11.8 Å². The minimum Gasteiger partial charge on any atom is -0.326 e. The molecule has 1 saturated heterocycles. The van der Waals surface area contributed by atoms with E-state index in [0.29, 0.717) is 17.8 Å². The molecule has 0 unspecified atom stereocenters.